The average molecular weight is 324 g/mol. The summed E-state index contributed by atoms with van der Waals surface area (Å²) in [7, 11) is -3.20. The summed E-state index contributed by atoms with van der Waals surface area (Å²) in [5, 5.41) is 1.03. The van der Waals surface area contributed by atoms with E-state index in [1.165, 1.54) is 4.31 Å². The summed E-state index contributed by atoms with van der Waals surface area (Å²) in [5.74, 6) is 0.0933. The van der Waals surface area contributed by atoms with Gasteiger partial charge >= 0.3 is 0 Å². The second-order valence-electron chi connectivity index (χ2n) is 4.32. The van der Waals surface area contributed by atoms with E-state index in [9.17, 15) is 8.42 Å². The molecule has 1 saturated heterocycles. The van der Waals surface area contributed by atoms with Crippen LogP contribution in [0.25, 0.3) is 0 Å². The number of rotatable bonds is 3. The first-order chi connectivity index (χ1) is 8.92. The van der Waals surface area contributed by atoms with Crippen molar-refractivity contribution in [1.29, 1.82) is 0 Å². The molecule has 1 aliphatic rings. The molecule has 0 amide bonds. The molecule has 2 rings (SSSR count). The quantitative estimate of drug-likeness (QED) is 0.859. The summed E-state index contributed by atoms with van der Waals surface area (Å²) >= 11 is 11.9. The van der Waals surface area contributed by atoms with E-state index in [4.69, 9.17) is 27.9 Å². The van der Waals surface area contributed by atoms with Crippen LogP contribution in [0.2, 0.25) is 10.0 Å². The number of sulfonamides is 1. The first-order valence-electron chi connectivity index (χ1n) is 5.98. The number of benzene rings is 1. The van der Waals surface area contributed by atoms with Gasteiger partial charge < -0.3 is 4.74 Å². The molecule has 0 bridgehead atoms. The third kappa shape index (κ3) is 3.61. The maximum Gasteiger partial charge on any atom is 0.214 e. The number of halogens is 2. The van der Waals surface area contributed by atoms with Gasteiger partial charge in [-0.05, 0) is 30.7 Å². The standard InChI is InChI=1S/C12H15Cl2NO3S/c1-2-19(16,17)15-3-4-18-12(8-15)9-5-10(13)7-11(14)6-9/h5-7,12H,2-4,8H2,1H3/t12-/m1/s1. The van der Waals surface area contributed by atoms with E-state index in [1.807, 2.05) is 0 Å². The lowest BCUT2D eigenvalue weighted by atomic mass is 10.1. The maximum atomic E-state index is 11.9. The molecule has 4 nitrogen and oxygen atoms in total. The summed E-state index contributed by atoms with van der Waals surface area (Å²) in [6.07, 6.45) is -0.328. The molecule has 0 aromatic heterocycles. The second kappa shape index (κ2) is 5.97. The zero-order valence-electron chi connectivity index (χ0n) is 10.5. The average Bonchev–Trinajstić information content (AvgIpc) is 2.38. The fourth-order valence-corrected chi connectivity index (χ4v) is 3.65. The third-order valence-corrected chi connectivity index (χ3v) is 5.33. The topological polar surface area (TPSA) is 46.6 Å². The van der Waals surface area contributed by atoms with Crippen molar-refractivity contribution in [3.05, 3.63) is 33.8 Å². The molecule has 7 heteroatoms. The van der Waals surface area contributed by atoms with Gasteiger partial charge in [-0.2, -0.15) is 4.31 Å². The maximum absolute atomic E-state index is 11.9. The van der Waals surface area contributed by atoms with Crippen LogP contribution in [0.3, 0.4) is 0 Å². The van der Waals surface area contributed by atoms with Gasteiger partial charge in [0.05, 0.1) is 18.5 Å². The molecule has 1 aromatic rings. The van der Waals surface area contributed by atoms with Crippen LogP contribution in [0.1, 0.15) is 18.6 Å². The van der Waals surface area contributed by atoms with E-state index in [0.29, 0.717) is 29.7 Å². The lowest BCUT2D eigenvalue weighted by Crippen LogP contribution is -2.42. The Morgan fingerprint density at radius 2 is 1.95 bits per heavy atom. The Morgan fingerprint density at radius 1 is 1.32 bits per heavy atom. The molecule has 106 valence electrons. The molecular weight excluding hydrogens is 309 g/mol. The number of hydrogen-bond donors (Lipinski definition) is 0. The van der Waals surface area contributed by atoms with Crippen LogP contribution < -0.4 is 0 Å². The van der Waals surface area contributed by atoms with Gasteiger partial charge in [-0.25, -0.2) is 8.42 Å². The highest BCUT2D eigenvalue weighted by Gasteiger charge is 2.29. The molecule has 1 aromatic carbocycles. The number of hydrogen-bond acceptors (Lipinski definition) is 3. The minimum absolute atomic E-state index is 0.0933. The monoisotopic (exact) mass is 323 g/mol. The summed E-state index contributed by atoms with van der Waals surface area (Å²) in [6, 6.07) is 5.14. The van der Waals surface area contributed by atoms with Crippen molar-refractivity contribution >= 4 is 33.2 Å². The van der Waals surface area contributed by atoms with E-state index in [2.05, 4.69) is 0 Å². The van der Waals surface area contributed by atoms with Crippen LogP contribution >= 0.6 is 23.2 Å². The van der Waals surface area contributed by atoms with Crippen LogP contribution in [0, 0.1) is 0 Å². The van der Waals surface area contributed by atoms with Gasteiger partial charge in [-0.15, -0.1) is 0 Å². The highest BCUT2D eigenvalue weighted by molar-refractivity contribution is 7.89. The van der Waals surface area contributed by atoms with E-state index in [0.717, 1.165) is 5.56 Å². The molecule has 0 unspecified atom stereocenters. The van der Waals surface area contributed by atoms with Gasteiger partial charge in [0.2, 0.25) is 10.0 Å². The Labute approximate surface area is 123 Å². The Balaban J connectivity index is 2.22. The summed E-state index contributed by atoms with van der Waals surface area (Å²) in [6.45, 7) is 2.69. The zero-order valence-corrected chi connectivity index (χ0v) is 12.8. The molecule has 1 atom stereocenters. The summed E-state index contributed by atoms with van der Waals surface area (Å²) in [5.41, 5.74) is 0.800. The highest BCUT2D eigenvalue weighted by Crippen LogP contribution is 2.28. The Bertz CT molecular complexity index is 542. The summed E-state index contributed by atoms with van der Waals surface area (Å²) < 4.78 is 30.8. The van der Waals surface area contributed by atoms with Crippen molar-refractivity contribution in [2.24, 2.45) is 0 Å². The van der Waals surface area contributed by atoms with Crippen molar-refractivity contribution in [2.45, 2.75) is 13.0 Å². The SMILES string of the molecule is CCS(=O)(=O)N1CCO[C@@H](c2cc(Cl)cc(Cl)c2)C1. The predicted octanol–water partition coefficient (Wildman–Crippen LogP) is 2.72. The molecule has 0 saturated carbocycles. The van der Waals surface area contributed by atoms with Crippen LogP contribution in [0.15, 0.2) is 18.2 Å². The molecule has 1 heterocycles. The number of ether oxygens (including phenoxy) is 1. The van der Waals surface area contributed by atoms with Crippen molar-refractivity contribution in [3.63, 3.8) is 0 Å². The van der Waals surface area contributed by atoms with Gasteiger partial charge in [0.1, 0.15) is 0 Å². The molecule has 0 aliphatic carbocycles. The van der Waals surface area contributed by atoms with E-state index >= 15 is 0 Å². The molecule has 0 radical (unpaired) electrons. The van der Waals surface area contributed by atoms with Crippen molar-refractivity contribution in [1.82, 2.24) is 4.31 Å². The minimum Gasteiger partial charge on any atom is -0.371 e. The molecule has 1 fully saturated rings. The number of morpholine rings is 1. The van der Waals surface area contributed by atoms with E-state index < -0.39 is 10.0 Å². The molecule has 1 aliphatic heterocycles. The fraction of sp³-hybridized carbons (Fsp3) is 0.500. The van der Waals surface area contributed by atoms with Crippen LogP contribution in [-0.2, 0) is 14.8 Å². The Morgan fingerprint density at radius 3 is 2.53 bits per heavy atom. The predicted molar refractivity (Wildman–Crippen MR) is 76.2 cm³/mol. The van der Waals surface area contributed by atoms with Crippen molar-refractivity contribution in [3.8, 4) is 0 Å². The van der Waals surface area contributed by atoms with E-state index in [1.54, 1.807) is 25.1 Å². The zero-order chi connectivity index (χ0) is 14.0. The minimum atomic E-state index is -3.20. The van der Waals surface area contributed by atoms with Gasteiger partial charge in [-0.3, -0.25) is 0 Å². The molecular formula is C12H15Cl2NO3S. The van der Waals surface area contributed by atoms with Gasteiger partial charge in [0, 0.05) is 23.1 Å². The molecule has 0 spiro atoms. The van der Waals surface area contributed by atoms with Crippen molar-refractivity contribution < 1.29 is 13.2 Å². The second-order valence-corrected chi connectivity index (χ2v) is 7.45. The van der Waals surface area contributed by atoms with Gasteiger partial charge in [0.25, 0.3) is 0 Å². The normalized spacial score (nSPS) is 21.5. The Kier molecular flexibility index (Phi) is 4.74. The van der Waals surface area contributed by atoms with E-state index in [-0.39, 0.29) is 11.9 Å². The third-order valence-electron chi connectivity index (χ3n) is 3.04. The van der Waals surface area contributed by atoms with Crippen LogP contribution in [0.4, 0.5) is 0 Å². The highest BCUT2D eigenvalue weighted by atomic mass is 35.5. The first-order valence-corrected chi connectivity index (χ1v) is 8.34. The van der Waals surface area contributed by atoms with Crippen LogP contribution in [0.5, 0.6) is 0 Å². The first kappa shape index (κ1) is 15.1. The lowest BCUT2D eigenvalue weighted by Gasteiger charge is -2.32. The van der Waals surface area contributed by atoms with Crippen LogP contribution in [-0.4, -0.2) is 38.2 Å². The molecule has 0 N–H and O–H groups in total. The van der Waals surface area contributed by atoms with Gasteiger partial charge in [-0.1, -0.05) is 23.2 Å². The molecule has 19 heavy (non-hydrogen) atoms. The summed E-state index contributed by atoms with van der Waals surface area (Å²) in [4.78, 5) is 0. The van der Waals surface area contributed by atoms with Crippen molar-refractivity contribution in [2.75, 3.05) is 25.4 Å². The Hall–Kier alpha value is -0.330. The lowest BCUT2D eigenvalue weighted by molar-refractivity contribution is -0.00249. The largest absolute Gasteiger partial charge is 0.371 e. The smallest absolute Gasteiger partial charge is 0.214 e. The fourth-order valence-electron chi connectivity index (χ4n) is 2.02. The van der Waals surface area contributed by atoms with Gasteiger partial charge in [0.15, 0.2) is 0 Å². The number of nitrogens with zero attached hydrogens (tertiary/aromatic N) is 1.